The van der Waals surface area contributed by atoms with E-state index < -0.39 is 0 Å². The fourth-order valence-corrected chi connectivity index (χ4v) is 1.46. The molecule has 1 saturated carbocycles. The molecule has 0 aromatic carbocycles. The molecule has 0 unspecified atom stereocenters. The van der Waals surface area contributed by atoms with Crippen LogP contribution in [0.4, 0.5) is 5.82 Å². The summed E-state index contributed by atoms with van der Waals surface area (Å²) in [7, 11) is 0. The molecule has 0 radical (unpaired) electrons. The van der Waals surface area contributed by atoms with Gasteiger partial charge in [-0.1, -0.05) is 11.6 Å². The topological polar surface area (TPSA) is 54.0 Å². The maximum Gasteiger partial charge on any atom is 0.223 e. The molecule has 86 valence electrons. The van der Waals surface area contributed by atoms with E-state index >= 15 is 0 Å². The molecule has 1 amide bonds. The Morgan fingerprint density at radius 2 is 2.25 bits per heavy atom. The van der Waals surface area contributed by atoms with Gasteiger partial charge in [-0.15, -0.1) is 0 Å². The monoisotopic (exact) mass is 239 g/mol. The molecule has 1 aromatic heterocycles. The Balaban J connectivity index is 1.63. The molecular weight excluding hydrogens is 226 g/mol. The number of pyridine rings is 1. The zero-order chi connectivity index (χ0) is 11.4. The Labute approximate surface area is 99.4 Å². The lowest BCUT2D eigenvalue weighted by Gasteiger charge is -2.06. The molecule has 1 heterocycles. The molecule has 1 fully saturated rings. The van der Waals surface area contributed by atoms with Gasteiger partial charge in [0, 0.05) is 25.2 Å². The molecule has 1 aliphatic rings. The zero-order valence-corrected chi connectivity index (χ0v) is 9.63. The molecule has 2 N–H and O–H groups in total. The maximum absolute atomic E-state index is 11.3. The van der Waals surface area contributed by atoms with E-state index in [-0.39, 0.29) is 11.8 Å². The fourth-order valence-electron chi connectivity index (χ4n) is 1.35. The molecular formula is C11H14ClN3O. The summed E-state index contributed by atoms with van der Waals surface area (Å²) in [5, 5.41) is 6.59. The second kappa shape index (κ2) is 5.16. The van der Waals surface area contributed by atoms with Crippen LogP contribution in [0.15, 0.2) is 18.3 Å². The highest BCUT2D eigenvalue weighted by Crippen LogP contribution is 2.28. The summed E-state index contributed by atoms with van der Waals surface area (Å²) >= 11 is 5.71. The number of anilines is 1. The van der Waals surface area contributed by atoms with Crippen LogP contribution < -0.4 is 10.6 Å². The molecule has 2 rings (SSSR count). The van der Waals surface area contributed by atoms with Crippen LogP contribution in [0.2, 0.25) is 5.02 Å². The molecule has 16 heavy (non-hydrogen) atoms. The number of nitrogens with zero attached hydrogens (tertiary/aromatic N) is 1. The summed E-state index contributed by atoms with van der Waals surface area (Å²) < 4.78 is 0. The highest BCUT2D eigenvalue weighted by atomic mass is 35.5. The molecule has 1 aliphatic carbocycles. The van der Waals surface area contributed by atoms with Gasteiger partial charge in [-0.05, 0) is 25.0 Å². The minimum Gasteiger partial charge on any atom is -0.368 e. The quantitative estimate of drug-likeness (QED) is 0.769. The second-order valence-corrected chi connectivity index (χ2v) is 4.29. The lowest BCUT2D eigenvalue weighted by atomic mass is 10.4. The van der Waals surface area contributed by atoms with Gasteiger partial charge < -0.3 is 10.6 Å². The third-order valence-electron chi connectivity index (χ3n) is 2.41. The van der Waals surface area contributed by atoms with Gasteiger partial charge in [-0.3, -0.25) is 4.79 Å². The van der Waals surface area contributed by atoms with Crippen LogP contribution in [-0.4, -0.2) is 24.0 Å². The van der Waals surface area contributed by atoms with Crippen LogP contribution in [0.5, 0.6) is 0 Å². The Bertz CT molecular complexity index is 362. The van der Waals surface area contributed by atoms with Gasteiger partial charge in [0.2, 0.25) is 5.91 Å². The molecule has 4 nitrogen and oxygen atoms in total. The first-order valence-electron chi connectivity index (χ1n) is 5.39. The number of carbonyl (C=O) groups is 1. The average Bonchev–Trinajstić information content (AvgIpc) is 3.10. The third-order valence-corrected chi connectivity index (χ3v) is 2.63. The first kappa shape index (κ1) is 11.2. The van der Waals surface area contributed by atoms with E-state index in [0.717, 1.165) is 18.7 Å². The minimum absolute atomic E-state index is 0.172. The van der Waals surface area contributed by atoms with Crippen molar-refractivity contribution < 1.29 is 4.79 Å². The molecule has 0 bridgehead atoms. The Morgan fingerprint density at radius 1 is 1.44 bits per heavy atom. The zero-order valence-electron chi connectivity index (χ0n) is 8.87. The lowest BCUT2D eigenvalue weighted by Crippen LogP contribution is -2.29. The normalized spacial score (nSPS) is 14.6. The maximum atomic E-state index is 11.3. The van der Waals surface area contributed by atoms with Crippen molar-refractivity contribution in [2.45, 2.75) is 12.8 Å². The summed E-state index contributed by atoms with van der Waals surface area (Å²) in [5.41, 5.74) is 0. The van der Waals surface area contributed by atoms with E-state index in [1.807, 2.05) is 6.07 Å². The summed E-state index contributed by atoms with van der Waals surface area (Å²) in [6.07, 6.45) is 3.67. The van der Waals surface area contributed by atoms with E-state index in [1.165, 1.54) is 0 Å². The van der Waals surface area contributed by atoms with Crippen LogP contribution in [-0.2, 0) is 4.79 Å². The van der Waals surface area contributed by atoms with Gasteiger partial charge in [0.25, 0.3) is 0 Å². The molecule has 0 atom stereocenters. The standard InChI is InChI=1S/C11H14ClN3O/c12-9-3-4-10(15-7-9)13-5-6-14-11(16)8-1-2-8/h3-4,7-8H,1-2,5-6H2,(H,13,15)(H,14,16). The largest absolute Gasteiger partial charge is 0.368 e. The summed E-state index contributed by atoms with van der Waals surface area (Å²) in [4.78, 5) is 15.4. The van der Waals surface area contributed by atoms with Crippen molar-refractivity contribution >= 4 is 23.3 Å². The predicted molar refractivity (Wildman–Crippen MR) is 63.5 cm³/mol. The van der Waals surface area contributed by atoms with E-state index in [2.05, 4.69) is 15.6 Å². The minimum atomic E-state index is 0.172. The molecule has 0 aliphatic heterocycles. The number of carbonyl (C=O) groups excluding carboxylic acids is 1. The van der Waals surface area contributed by atoms with Gasteiger partial charge in [0.05, 0.1) is 5.02 Å². The van der Waals surface area contributed by atoms with Gasteiger partial charge >= 0.3 is 0 Å². The van der Waals surface area contributed by atoms with Crippen LogP contribution >= 0.6 is 11.6 Å². The smallest absolute Gasteiger partial charge is 0.223 e. The van der Waals surface area contributed by atoms with Crippen molar-refractivity contribution in [2.24, 2.45) is 5.92 Å². The average molecular weight is 240 g/mol. The van der Waals surface area contributed by atoms with E-state index in [4.69, 9.17) is 11.6 Å². The first-order valence-corrected chi connectivity index (χ1v) is 5.76. The van der Waals surface area contributed by atoms with Gasteiger partial charge in [-0.25, -0.2) is 4.98 Å². The van der Waals surface area contributed by atoms with Crippen molar-refractivity contribution in [1.29, 1.82) is 0 Å². The SMILES string of the molecule is O=C(NCCNc1ccc(Cl)cn1)C1CC1. The Morgan fingerprint density at radius 3 is 2.88 bits per heavy atom. The van der Waals surface area contributed by atoms with Crippen LogP contribution in [0.3, 0.4) is 0 Å². The van der Waals surface area contributed by atoms with Crippen molar-refractivity contribution in [1.82, 2.24) is 10.3 Å². The number of rotatable bonds is 5. The summed E-state index contributed by atoms with van der Waals surface area (Å²) in [6, 6.07) is 3.59. The summed E-state index contributed by atoms with van der Waals surface area (Å²) in [6.45, 7) is 1.30. The van der Waals surface area contributed by atoms with Crippen molar-refractivity contribution in [2.75, 3.05) is 18.4 Å². The fraction of sp³-hybridized carbons (Fsp3) is 0.455. The number of nitrogens with one attached hydrogen (secondary N) is 2. The summed E-state index contributed by atoms with van der Waals surface area (Å²) in [5.74, 6) is 1.21. The molecule has 0 saturated heterocycles. The number of halogens is 1. The van der Waals surface area contributed by atoms with Gasteiger partial charge in [0.15, 0.2) is 0 Å². The second-order valence-electron chi connectivity index (χ2n) is 3.85. The van der Waals surface area contributed by atoms with Crippen molar-refractivity contribution in [3.05, 3.63) is 23.4 Å². The Kier molecular flexibility index (Phi) is 3.62. The van der Waals surface area contributed by atoms with Crippen LogP contribution in [0.25, 0.3) is 0 Å². The van der Waals surface area contributed by atoms with E-state index in [9.17, 15) is 4.79 Å². The van der Waals surface area contributed by atoms with Crippen molar-refractivity contribution in [3.63, 3.8) is 0 Å². The van der Waals surface area contributed by atoms with Gasteiger partial charge in [0.1, 0.15) is 5.82 Å². The van der Waals surface area contributed by atoms with Gasteiger partial charge in [-0.2, -0.15) is 0 Å². The predicted octanol–water partition coefficient (Wildman–Crippen LogP) is 1.67. The Hall–Kier alpha value is -1.29. The van der Waals surface area contributed by atoms with Crippen LogP contribution in [0, 0.1) is 5.92 Å². The highest BCUT2D eigenvalue weighted by molar-refractivity contribution is 6.30. The van der Waals surface area contributed by atoms with E-state index in [1.54, 1.807) is 12.3 Å². The first-order chi connectivity index (χ1) is 7.75. The lowest BCUT2D eigenvalue weighted by molar-refractivity contribution is -0.122. The molecule has 5 heteroatoms. The highest BCUT2D eigenvalue weighted by Gasteiger charge is 2.28. The number of hydrogen-bond donors (Lipinski definition) is 2. The number of aromatic nitrogens is 1. The molecule has 1 aromatic rings. The number of amides is 1. The third kappa shape index (κ3) is 3.38. The van der Waals surface area contributed by atoms with Crippen LogP contribution in [0.1, 0.15) is 12.8 Å². The molecule has 0 spiro atoms. The van der Waals surface area contributed by atoms with Crippen molar-refractivity contribution in [3.8, 4) is 0 Å². The number of hydrogen-bond acceptors (Lipinski definition) is 3. The van der Waals surface area contributed by atoms with E-state index in [0.29, 0.717) is 18.1 Å².